The number of nitrogens with zero attached hydrogens (tertiary/aromatic N) is 3. The van der Waals surface area contributed by atoms with Crippen LogP contribution in [0.2, 0.25) is 0 Å². The van der Waals surface area contributed by atoms with Gasteiger partial charge in [0.05, 0.1) is 20.3 Å². The molecule has 7 nitrogen and oxygen atoms in total. The number of carbonyl (C=O) groups excluding carboxylic acids is 1. The second-order valence-electron chi connectivity index (χ2n) is 6.73. The highest BCUT2D eigenvalue weighted by Crippen LogP contribution is 2.18. The third-order valence-corrected chi connectivity index (χ3v) is 4.88. The summed E-state index contributed by atoms with van der Waals surface area (Å²) in [6.07, 6.45) is 3.97. The minimum atomic E-state index is 0.0162. The van der Waals surface area contributed by atoms with Crippen molar-refractivity contribution >= 4 is 6.03 Å². The molecule has 3 rings (SSSR count). The smallest absolute Gasteiger partial charge is 0.317 e. The van der Waals surface area contributed by atoms with E-state index in [2.05, 4.69) is 15.2 Å². The molecular weight excluding hydrogens is 320 g/mol. The van der Waals surface area contributed by atoms with Crippen LogP contribution in [0.3, 0.4) is 0 Å². The molecule has 0 aliphatic carbocycles. The molecule has 25 heavy (non-hydrogen) atoms. The Morgan fingerprint density at radius 3 is 3.04 bits per heavy atom. The van der Waals surface area contributed by atoms with E-state index in [9.17, 15) is 4.79 Å². The van der Waals surface area contributed by atoms with Crippen molar-refractivity contribution in [1.82, 2.24) is 20.1 Å². The number of pyridine rings is 1. The van der Waals surface area contributed by atoms with Crippen molar-refractivity contribution in [2.75, 3.05) is 53.0 Å². The van der Waals surface area contributed by atoms with E-state index in [0.717, 1.165) is 57.9 Å². The van der Waals surface area contributed by atoms with Gasteiger partial charge >= 0.3 is 6.03 Å². The van der Waals surface area contributed by atoms with Crippen molar-refractivity contribution in [3.8, 4) is 5.88 Å². The van der Waals surface area contributed by atoms with E-state index in [1.165, 1.54) is 6.42 Å². The first-order valence-corrected chi connectivity index (χ1v) is 9.06. The summed E-state index contributed by atoms with van der Waals surface area (Å²) in [6.45, 7) is 6.89. The SMILES string of the molecule is COc1cc(CNC(=O)N2CCC[C@H](CN3CCOCC3)C2)ccn1. The molecular formula is C18H28N4O3. The highest BCUT2D eigenvalue weighted by atomic mass is 16.5. The standard InChI is InChI=1S/C18H28N4O3/c1-24-17-11-15(4-5-19-17)12-20-18(23)22-6-2-3-16(14-22)13-21-7-9-25-10-8-21/h4-5,11,16H,2-3,6-10,12-14H2,1H3,(H,20,23)/t16-/m1/s1. The van der Waals surface area contributed by atoms with E-state index in [-0.39, 0.29) is 6.03 Å². The molecule has 2 amide bonds. The molecule has 7 heteroatoms. The van der Waals surface area contributed by atoms with Crippen LogP contribution in [0.1, 0.15) is 18.4 Å². The van der Waals surface area contributed by atoms with Crippen molar-refractivity contribution in [3.05, 3.63) is 23.9 Å². The molecule has 2 aliphatic heterocycles. The number of nitrogens with one attached hydrogen (secondary N) is 1. The fourth-order valence-corrected chi connectivity index (χ4v) is 3.51. The highest BCUT2D eigenvalue weighted by Gasteiger charge is 2.25. The first kappa shape index (κ1) is 17.9. The van der Waals surface area contributed by atoms with Gasteiger partial charge in [-0.2, -0.15) is 0 Å². The molecule has 2 aliphatic rings. The van der Waals surface area contributed by atoms with Gasteiger partial charge in [-0.1, -0.05) is 0 Å². The van der Waals surface area contributed by atoms with Crippen molar-refractivity contribution in [2.45, 2.75) is 19.4 Å². The molecule has 1 N–H and O–H groups in total. The number of rotatable bonds is 5. The lowest BCUT2D eigenvalue weighted by Crippen LogP contribution is -2.48. The number of aromatic nitrogens is 1. The normalized spacial score (nSPS) is 21.8. The molecule has 1 atom stereocenters. The molecule has 138 valence electrons. The lowest BCUT2D eigenvalue weighted by Gasteiger charge is -2.36. The number of likely N-dealkylation sites (tertiary alicyclic amines) is 1. The number of hydrogen-bond donors (Lipinski definition) is 1. The summed E-state index contributed by atoms with van der Waals surface area (Å²) in [5, 5.41) is 3.01. The number of amides is 2. The molecule has 0 unspecified atom stereocenters. The van der Waals surface area contributed by atoms with E-state index >= 15 is 0 Å². The Balaban J connectivity index is 1.46. The van der Waals surface area contributed by atoms with E-state index in [4.69, 9.17) is 9.47 Å². The van der Waals surface area contributed by atoms with Crippen LogP contribution >= 0.6 is 0 Å². The summed E-state index contributed by atoms with van der Waals surface area (Å²) in [5.41, 5.74) is 0.988. The predicted molar refractivity (Wildman–Crippen MR) is 94.6 cm³/mol. The number of methoxy groups -OCH3 is 1. The fourth-order valence-electron chi connectivity index (χ4n) is 3.51. The van der Waals surface area contributed by atoms with Gasteiger partial charge in [-0.05, 0) is 30.4 Å². The zero-order chi connectivity index (χ0) is 17.5. The molecule has 1 aromatic rings. The largest absolute Gasteiger partial charge is 0.481 e. The second kappa shape index (κ2) is 9.01. The monoisotopic (exact) mass is 348 g/mol. The Bertz CT molecular complexity index is 563. The molecule has 2 saturated heterocycles. The quantitative estimate of drug-likeness (QED) is 0.870. The average Bonchev–Trinajstić information content (AvgIpc) is 2.67. The van der Waals surface area contributed by atoms with Gasteiger partial charge in [-0.15, -0.1) is 0 Å². The third-order valence-electron chi connectivity index (χ3n) is 4.88. The molecule has 0 radical (unpaired) electrons. The van der Waals surface area contributed by atoms with Gasteiger partial charge in [0.25, 0.3) is 0 Å². The number of piperidine rings is 1. The summed E-state index contributed by atoms with van der Waals surface area (Å²) in [4.78, 5) is 21.0. The van der Waals surface area contributed by atoms with Gasteiger partial charge in [-0.3, -0.25) is 4.90 Å². The van der Waals surface area contributed by atoms with Gasteiger partial charge in [0, 0.05) is 51.5 Å². The van der Waals surface area contributed by atoms with Crippen LogP contribution in [0.5, 0.6) is 5.88 Å². The van der Waals surface area contributed by atoms with Crippen LogP contribution < -0.4 is 10.1 Å². The lowest BCUT2D eigenvalue weighted by molar-refractivity contribution is 0.0249. The Hall–Kier alpha value is -1.86. The lowest BCUT2D eigenvalue weighted by atomic mass is 9.97. The Kier molecular flexibility index (Phi) is 6.47. The van der Waals surface area contributed by atoms with Crippen molar-refractivity contribution < 1.29 is 14.3 Å². The number of morpholine rings is 1. The molecule has 1 aromatic heterocycles. The summed E-state index contributed by atoms with van der Waals surface area (Å²) in [7, 11) is 1.59. The van der Waals surface area contributed by atoms with Gasteiger partial charge in [0.2, 0.25) is 5.88 Å². The summed E-state index contributed by atoms with van der Waals surface area (Å²) >= 11 is 0. The number of carbonyl (C=O) groups is 1. The minimum Gasteiger partial charge on any atom is -0.481 e. The molecule has 0 aromatic carbocycles. The average molecular weight is 348 g/mol. The van der Waals surface area contributed by atoms with Crippen molar-refractivity contribution in [2.24, 2.45) is 5.92 Å². The van der Waals surface area contributed by atoms with E-state index in [1.807, 2.05) is 17.0 Å². The van der Waals surface area contributed by atoms with E-state index in [1.54, 1.807) is 13.3 Å². The van der Waals surface area contributed by atoms with Gasteiger partial charge in [0.15, 0.2) is 0 Å². The Morgan fingerprint density at radius 2 is 2.24 bits per heavy atom. The highest BCUT2D eigenvalue weighted by molar-refractivity contribution is 5.74. The van der Waals surface area contributed by atoms with Crippen molar-refractivity contribution in [3.63, 3.8) is 0 Å². The minimum absolute atomic E-state index is 0.0162. The summed E-state index contributed by atoms with van der Waals surface area (Å²) in [6, 6.07) is 3.75. The maximum atomic E-state index is 12.5. The molecule has 2 fully saturated rings. The van der Waals surface area contributed by atoms with Gasteiger partial charge in [0.1, 0.15) is 0 Å². The first-order chi connectivity index (χ1) is 12.2. The zero-order valence-corrected chi connectivity index (χ0v) is 14.9. The Labute approximate surface area is 149 Å². The van der Waals surface area contributed by atoms with Crippen LogP contribution in [-0.2, 0) is 11.3 Å². The maximum absolute atomic E-state index is 12.5. The Morgan fingerprint density at radius 1 is 1.40 bits per heavy atom. The van der Waals surface area contributed by atoms with E-state index < -0.39 is 0 Å². The van der Waals surface area contributed by atoms with Gasteiger partial charge < -0.3 is 19.7 Å². The molecule has 0 spiro atoms. The second-order valence-corrected chi connectivity index (χ2v) is 6.73. The van der Waals surface area contributed by atoms with Crippen LogP contribution in [-0.4, -0.2) is 73.9 Å². The molecule has 3 heterocycles. The number of hydrogen-bond acceptors (Lipinski definition) is 5. The van der Waals surface area contributed by atoms with E-state index in [0.29, 0.717) is 18.3 Å². The number of urea groups is 1. The molecule has 0 saturated carbocycles. The van der Waals surface area contributed by atoms with Crippen LogP contribution in [0.15, 0.2) is 18.3 Å². The van der Waals surface area contributed by atoms with Gasteiger partial charge in [-0.25, -0.2) is 9.78 Å². The fraction of sp³-hybridized carbons (Fsp3) is 0.667. The van der Waals surface area contributed by atoms with Crippen LogP contribution in [0.25, 0.3) is 0 Å². The third kappa shape index (κ3) is 5.31. The first-order valence-electron chi connectivity index (χ1n) is 9.06. The predicted octanol–water partition coefficient (Wildman–Crippen LogP) is 1.34. The van der Waals surface area contributed by atoms with Crippen LogP contribution in [0, 0.1) is 5.92 Å². The van der Waals surface area contributed by atoms with Crippen LogP contribution in [0.4, 0.5) is 4.79 Å². The summed E-state index contributed by atoms with van der Waals surface area (Å²) in [5.74, 6) is 1.12. The van der Waals surface area contributed by atoms with Crippen molar-refractivity contribution in [1.29, 1.82) is 0 Å². The zero-order valence-electron chi connectivity index (χ0n) is 14.9. The molecule has 0 bridgehead atoms. The maximum Gasteiger partial charge on any atom is 0.317 e. The topological polar surface area (TPSA) is 66.9 Å². The summed E-state index contributed by atoms with van der Waals surface area (Å²) < 4.78 is 10.5. The number of ether oxygens (including phenoxy) is 2.